The van der Waals surface area contributed by atoms with E-state index in [1.165, 1.54) is 0 Å². The fraction of sp³-hybridized carbons (Fsp3) is 0.417. The summed E-state index contributed by atoms with van der Waals surface area (Å²) >= 11 is 9.14. The van der Waals surface area contributed by atoms with Crippen LogP contribution in [-0.2, 0) is 6.54 Å². The summed E-state index contributed by atoms with van der Waals surface area (Å²) in [6.45, 7) is 7.27. The summed E-state index contributed by atoms with van der Waals surface area (Å²) in [5.41, 5.74) is 2.25. The highest BCUT2D eigenvalue weighted by molar-refractivity contribution is 7.14. The first-order valence-corrected chi connectivity index (χ1v) is 7.51. The fourth-order valence-electron chi connectivity index (χ4n) is 1.31. The van der Waals surface area contributed by atoms with E-state index in [2.05, 4.69) is 36.5 Å². The molecule has 5 heteroatoms. The zero-order valence-corrected chi connectivity index (χ0v) is 12.5. The van der Waals surface area contributed by atoms with Crippen LogP contribution in [0.5, 0.6) is 0 Å². The van der Waals surface area contributed by atoms with Crippen molar-refractivity contribution in [2.24, 2.45) is 0 Å². The average molecular weight is 287 g/mol. The summed E-state index contributed by atoms with van der Waals surface area (Å²) < 4.78 is 0.808. The van der Waals surface area contributed by atoms with E-state index in [0.717, 1.165) is 27.1 Å². The lowest BCUT2D eigenvalue weighted by atomic mass is 10.1. The quantitative estimate of drug-likeness (QED) is 0.904. The van der Waals surface area contributed by atoms with E-state index in [9.17, 15) is 0 Å². The van der Waals surface area contributed by atoms with Gasteiger partial charge in [0.05, 0.1) is 10.0 Å². The molecule has 0 fully saturated rings. The maximum Gasteiger partial charge on any atom is 0.107 e. The number of thiophene rings is 1. The molecule has 2 heterocycles. The Hall–Kier alpha value is -0.420. The minimum atomic E-state index is 0.123. The van der Waals surface area contributed by atoms with Crippen LogP contribution in [0.3, 0.4) is 0 Å². The van der Waals surface area contributed by atoms with Crippen molar-refractivity contribution < 1.29 is 0 Å². The van der Waals surface area contributed by atoms with Crippen LogP contribution < -0.4 is 5.32 Å². The smallest absolute Gasteiger partial charge is 0.107 e. The van der Waals surface area contributed by atoms with Gasteiger partial charge in [-0.3, -0.25) is 0 Å². The van der Waals surface area contributed by atoms with Gasteiger partial charge in [0.15, 0.2) is 0 Å². The van der Waals surface area contributed by atoms with Crippen molar-refractivity contribution in [3.05, 3.63) is 26.2 Å². The molecule has 0 aliphatic heterocycles. The Morgan fingerprint density at radius 1 is 1.29 bits per heavy atom. The van der Waals surface area contributed by atoms with E-state index in [0.29, 0.717) is 0 Å². The van der Waals surface area contributed by atoms with Gasteiger partial charge in [-0.25, -0.2) is 4.98 Å². The van der Waals surface area contributed by atoms with Crippen molar-refractivity contribution in [3.63, 3.8) is 0 Å². The summed E-state index contributed by atoms with van der Waals surface area (Å²) in [7, 11) is 0. The first kappa shape index (κ1) is 13.0. The molecule has 92 valence electrons. The van der Waals surface area contributed by atoms with E-state index < -0.39 is 0 Å². The van der Waals surface area contributed by atoms with Gasteiger partial charge in [0, 0.05) is 28.4 Å². The van der Waals surface area contributed by atoms with Gasteiger partial charge in [0.25, 0.3) is 0 Å². The molecule has 0 aliphatic rings. The van der Waals surface area contributed by atoms with Crippen molar-refractivity contribution in [1.29, 1.82) is 0 Å². The van der Waals surface area contributed by atoms with Crippen LogP contribution in [0.2, 0.25) is 4.34 Å². The van der Waals surface area contributed by atoms with E-state index in [-0.39, 0.29) is 5.54 Å². The van der Waals surface area contributed by atoms with Crippen molar-refractivity contribution in [2.75, 3.05) is 0 Å². The molecule has 0 aliphatic carbocycles. The van der Waals surface area contributed by atoms with Crippen LogP contribution in [0.1, 0.15) is 25.8 Å². The monoisotopic (exact) mass is 286 g/mol. The second kappa shape index (κ2) is 5.06. The molecule has 0 amide bonds. The normalized spacial score (nSPS) is 12.0. The largest absolute Gasteiger partial charge is 0.306 e. The zero-order valence-electron chi connectivity index (χ0n) is 10.1. The van der Waals surface area contributed by atoms with Gasteiger partial charge in [-0.1, -0.05) is 11.6 Å². The number of nitrogens with zero attached hydrogens (tertiary/aromatic N) is 1. The lowest BCUT2D eigenvalue weighted by molar-refractivity contribution is 0.424. The molecule has 0 aromatic carbocycles. The molecule has 2 aromatic rings. The molecular weight excluding hydrogens is 272 g/mol. The van der Waals surface area contributed by atoms with E-state index >= 15 is 0 Å². The van der Waals surface area contributed by atoms with Crippen LogP contribution in [0.4, 0.5) is 0 Å². The van der Waals surface area contributed by atoms with Gasteiger partial charge in [-0.05, 0) is 26.8 Å². The minimum Gasteiger partial charge on any atom is -0.306 e. The van der Waals surface area contributed by atoms with E-state index in [1.807, 2.05) is 11.4 Å². The molecule has 0 saturated carbocycles. The standard InChI is InChI=1S/C12H15ClN2S2/c1-12(2,3)14-5-11-15-9(7-17-11)8-4-10(13)16-6-8/h4,6-7,14H,5H2,1-3H3. The van der Waals surface area contributed by atoms with Crippen molar-refractivity contribution >= 4 is 34.3 Å². The summed E-state index contributed by atoms with van der Waals surface area (Å²) in [5.74, 6) is 0. The molecule has 2 nitrogen and oxygen atoms in total. The highest BCUT2D eigenvalue weighted by Crippen LogP contribution is 2.29. The van der Waals surface area contributed by atoms with E-state index in [4.69, 9.17) is 11.6 Å². The number of hydrogen-bond donors (Lipinski definition) is 1. The summed E-state index contributed by atoms with van der Waals surface area (Å²) in [4.78, 5) is 4.60. The molecule has 2 aromatic heterocycles. The predicted octanol–water partition coefficient (Wildman–Crippen LogP) is 4.41. The second-order valence-electron chi connectivity index (χ2n) is 4.87. The summed E-state index contributed by atoms with van der Waals surface area (Å²) in [6, 6.07) is 1.96. The van der Waals surface area contributed by atoms with Crippen LogP contribution >= 0.6 is 34.3 Å². The molecule has 0 atom stereocenters. The molecule has 0 radical (unpaired) electrons. The minimum absolute atomic E-state index is 0.123. The molecule has 2 rings (SSSR count). The third-order valence-electron chi connectivity index (χ3n) is 2.18. The molecule has 0 bridgehead atoms. The van der Waals surface area contributed by atoms with Gasteiger partial charge in [0.2, 0.25) is 0 Å². The lowest BCUT2D eigenvalue weighted by Crippen LogP contribution is -2.34. The molecule has 17 heavy (non-hydrogen) atoms. The molecular formula is C12H15ClN2S2. The first-order valence-electron chi connectivity index (χ1n) is 5.38. The molecule has 0 saturated heterocycles. The summed E-state index contributed by atoms with van der Waals surface area (Å²) in [5, 5.41) is 8.66. The topological polar surface area (TPSA) is 24.9 Å². The van der Waals surface area contributed by atoms with Crippen LogP contribution in [-0.4, -0.2) is 10.5 Å². The van der Waals surface area contributed by atoms with Crippen LogP contribution in [0.25, 0.3) is 11.3 Å². The number of nitrogens with one attached hydrogen (secondary N) is 1. The average Bonchev–Trinajstić information content (AvgIpc) is 2.81. The predicted molar refractivity (Wildman–Crippen MR) is 77.0 cm³/mol. The SMILES string of the molecule is CC(C)(C)NCc1nc(-c2csc(Cl)c2)cs1. The van der Waals surface area contributed by atoms with Gasteiger partial charge >= 0.3 is 0 Å². The van der Waals surface area contributed by atoms with Crippen LogP contribution in [0.15, 0.2) is 16.8 Å². The maximum absolute atomic E-state index is 5.92. The Morgan fingerprint density at radius 2 is 2.06 bits per heavy atom. The third kappa shape index (κ3) is 3.78. The highest BCUT2D eigenvalue weighted by Gasteiger charge is 2.11. The number of thiazole rings is 1. The van der Waals surface area contributed by atoms with Gasteiger partial charge < -0.3 is 5.32 Å². The van der Waals surface area contributed by atoms with E-state index in [1.54, 1.807) is 22.7 Å². The molecule has 0 spiro atoms. The molecule has 1 N–H and O–H groups in total. The molecule has 0 unspecified atom stereocenters. The number of halogens is 1. The Morgan fingerprint density at radius 3 is 2.65 bits per heavy atom. The Bertz CT molecular complexity index is 497. The van der Waals surface area contributed by atoms with Crippen molar-refractivity contribution in [2.45, 2.75) is 32.9 Å². The summed E-state index contributed by atoms with van der Waals surface area (Å²) in [6.07, 6.45) is 0. The Labute approximate surface area is 115 Å². The third-order valence-corrected chi connectivity index (χ3v) is 4.12. The number of hydrogen-bond acceptors (Lipinski definition) is 4. The number of aromatic nitrogens is 1. The highest BCUT2D eigenvalue weighted by atomic mass is 35.5. The first-order chi connectivity index (χ1) is 7.94. The number of rotatable bonds is 3. The Balaban J connectivity index is 2.06. The van der Waals surface area contributed by atoms with Gasteiger partial charge in [0.1, 0.15) is 5.01 Å². The van der Waals surface area contributed by atoms with Crippen molar-refractivity contribution in [1.82, 2.24) is 10.3 Å². The Kier molecular flexibility index (Phi) is 3.88. The fourth-order valence-corrected chi connectivity index (χ4v) is 2.93. The zero-order chi connectivity index (χ0) is 12.5. The van der Waals surface area contributed by atoms with Crippen LogP contribution in [0, 0.1) is 0 Å². The lowest BCUT2D eigenvalue weighted by Gasteiger charge is -2.19. The van der Waals surface area contributed by atoms with Gasteiger partial charge in [-0.2, -0.15) is 0 Å². The second-order valence-corrected chi connectivity index (χ2v) is 7.35. The maximum atomic E-state index is 5.92. The van der Waals surface area contributed by atoms with Crippen molar-refractivity contribution in [3.8, 4) is 11.3 Å². The van der Waals surface area contributed by atoms with Gasteiger partial charge in [-0.15, -0.1) is 22.7 Å².